The molecular formula is C11H18N4O2. The van der Waals surface area contributed by atoms with Gasteiger partial charge in [-0.05, 0) is 5.92 Å². The molecule has 0 radical (unpaired) electrons. The Balaban J connectivity index is 2.72. The number of amides is 1. The van der Waals surface area contributed by atoms with Gasteiger partial charge in [0.1, 0.15) is 6.54 Å². The first-order valence-corrected chi connectivity index (χ1v) is 5.54. The minimum absolute atomic E-state index is 0.0558. The maximum Gasteiger partial charge on any atom is 0.269 e. The quantitative estimate of drug-likeness (QED) is 0.760. The van der Waals surface area contributed by atoms with E-state index in [0.29, 0.717) is 11.6 Å². The van der Waals surface area contributed by atoms with E-state index in [4.69, 9.17) is 0 Å². The van der Waals surface area contributed by atoms with E-state index < -0.39 is 0 Å². The van der Waals surface area contributed by atoms with Gasteiger partial charge in [0.25, 0.3) is 5.56 Å². The van der Waals surface area contributed by atoms with Crippen molar-refractivity contribution in [2.75, 3.05) is 18.9 Å². The molecule has 1 aromatic rings. The number of nitrogens with zero attached hydrogens (tertiary/aromatic N) is 2. The SMILES string of the molecule is CNC(=O)Cn1ncc(NCC(C)C)cc1=O. The average molecular weight is 238 g/mol. The average Bonchev–Trinajstić information content (AvgIpc) is 2.29. The molecule has 1 heterocycles. The van der Waals surface area contributed by atoms with E-state index in [9.17, 15) is 9.59 Å². The number of likely N-dealkylation sites (N-methyl/N-ethyl adjacent to an activating group) is 1. The number of rotatable bonds is 5. The predicted molar refractivity (Wildman–Crippen MR) is 65.9 cm³/mol. The molecule has 0 aliphatic carbocycles. The fourth-order valence-electron chi connectivity index (χ4n) is 1.19. The highest BCUT2D eigenvalue weighted by atomic mass is 16.2. The number of hydrogen-bond donors (Lipinski definition) is 2. The predicted octanol–water partition coefficient (Wildman–Crippen LogP) is 0.0572. The third-order valence-corrected chi connectivity index (χ3v) is 2.16. The molecule has 0 bridgehead atoms. The summed E-state index contributed by atoms with van der Waals surface area (Å²) in [6.07, 6.45) is 1.55. The molecule has 0 aliphatic heterocycles. The summed E-state index contributed by atoms with van der Waals surface area (Å²) in [5.41, 5.74) is 0.388. The van der Waals surface area contributed by atoms with Gasteiger partial charge in [-0.3, -0.25) is 9.59 Å². The number of carbonyl (C=O) groups is 1. The number of carbonyl (C=O) groups excluding carboxylic acids is 1. The van der Waals surface area contributed by atoms with E-state index in [1.165, 1.54) is 13.1 Å². The van der Waals surface area contributed by atoms with Gasteiger partial charge in [0.15, 0.2) is 0 Å². The van der Waals surface area contributed by atoms with Crippen LogP contribution in [-0.4, -0.2) is 29.3 Å². The number of anilines is 1. The van der Waals surface area contributed by atoms with Crippen LogP contribution in [0.25, 0.3) is 0 Å². The van der Waals surface area contributed by atoms with Gasteiger partial charge in [0.05, 0.1) is 11.9 Å². The van der Waals surface area contributed by atoms with Crippen molar-refractivity contribution in [3.8, 4) is 0 Å². The van der Waals surface area contributed by atoms with Gasteiger partial charge >= 0.3 is 0 Å². The van der Waals surface area contributed by atoms with E-state index >= 15 is 0 Å². The molecule has 1 rings (SSSR count). The lowest BCUT2D eigenvalue weighted by molar-refractivity contribution is -0.121. The molecule has 0 fully saturated rings. The highest BCUT2D eigenvalue weighted by Crippen LogP contribution is 2.01. The van der Waals surface area contributed by atoms with Gasteiger partial charge in [-0.15, -0.1) is 0 Å². The van der Waals surface area contributed by atoms with Crippen LogP contribution in [0.15, 0.2) is 17.1 Å². The molecule has 0 atom stereocenters. The third-order valence-electron chi connectivity index (χ3n) is 2.16. The van der Waals surface area contributed by atoms with Gasteiger partial charge in [0, 0.05) is 19.7 Å². The van der Waals surface area contributed by atoms with Crippen molar-refractivity contribution >= 4 is 11.6 Å². The Labute approximate surface area is 100 Å². The molecule has 0 spiro atoms. The monoisotopic (exact) mass is 238 g/mol. The number of nitrogens with one attached hydrogen (secondary N) is 2. The first-order valence-electron chi connectivity index (χ1n) is 5.54. The van der Waals surface area contributed by atoms with Crippen LogP contribution in [0, 0.1) is 5.92 Å². The van der Waals surface area contributed by atoms with E-state index in [2.05, 4.69) is 29.6 Å². The van der Waals surface area contributed by atoms with E-state index in [1.54, 1.807) is 6.20 Å². The topological polar surface area (TPSA) is 76.0 Å². The highest BCUT2D eigenvalue weighted by Gasteiger charge is 2.04. The molecule has 17 heavy (non-hydrogen) atoms. The molecule has 1 aromatic heterocycles. The van der Waals surface area contributed by atoms with Crippen molar-refractivity contribution in [1.29, 1.82) is 0 Å². The number of hydrogen-bond acceptors (Lipinski definition) is 4. The molecule has 2 N–H and O–H groups in total. The lowest BCUT2D eigenvalue weighted by Crippen LogP contribution is -2.31. The minimum Gasteiger partial charge on any atom is -0.383 e. The zero-order chi connectivity index (χ0) is 12.8. The van der Waals surface area contributed by atoms with Crippen LogP contribution < -0.4 is 16.2 Å². The molecule has 6 heteroatoms. The van der Waals surface area contributed by atoms with Crippen molar-refractivity contribution < 1.29 is 4.79 Å². The summed E-state index contributed by atoms with van der Waals surface area (Å²) in [5, 5.41) is 9.47. The Morgan fingerprint density at radius 3 is 2.76 bits per heavy atom. The Bertz CT molecular complexity index is 439. The van der Waals surface area contributed by atoms with Crippen molar-refractivity contribution in [2.24, 2.45) is 5.92 Å². The standard InChI is InChI=1S/C11H18N4O2/c1-8(2)5-13-9-4-11(17)15(14-6-9)7-10(16)12-3/h4,6,8,13H,5,7H2,1-3H3,(H,12,16). The first kappa shape index (κ1) is 13.2. The molecular weight excluding hydrogens is 220 g/mol. The summed E-state index contributed by atoms with van der Waals surface area (Å²) in [6, 6.07) is 1.44. The van der Waals surface area contributed by atoms with Crippen LogP contribution in [0.4, 0.5) is 5.69 Å². The van der Waals surface area contributed by atoms with Crippen LogP contribution >= 0.6 is 0 Å². The second-order valence-corrected chi connectivity index (χ2v) is 4.19. The van der Waals surface area contributed by atoms with Crippen LogP contribution in [0.5, 0.6) is 0 Å². The van der Waals surface area contributed by atoms with Crippen LogP contribution in [-0.2, 0) is 11.3 Å². The molecule has 0 unspecified atom stereocenters. The lowest BCUT2D eigenvalue weighted by Gasteiger charge is -2.09. The molecule has 6 nitrogen and oxygen atoms in total. The van der Waals surface area contributed by atoms with Crippen molar-refractivity contribution in [3.05, 3.63) is 22.6 Å². The maximum atomic E-state index is 11.6. The van der Waals surface area contributed by atoms with Crippen LogP contribution in [0.2, 0.25) is 0 Å². The zero-order valence-electron chi connectivity index (χ0n) is 10.4. The molecule has 0 saturated heterocycles. The minimum atomic E-state index is -0.289. The normalized spacial score (nSPS) is 10.4. The Hall–Kier alpha value is -1.85. The van der Waals surface area contributed by atoms with Crippen molar-refractivity contribution in [3.63, 3.8) is 0 Å². The van der Waals surface area contributed by atoms with Gasteiger partial charge < -0.3 is 10.6 Å². The van der Waals surface area contributed by atoms with Gasteiger partial charge in [-0.1, -0.05) is 13.8 Å². The fraction of sp³-hybridized carbons (Fsp3) is 0.545. The van der Waals surface area contributed by atoms with E-state index in [-0.39, 0.29) is 18.0 Å². The zero-order valence-corrected chi connectivity index (χ0v) is 10.4. The summed E-state index contributed by atoms with van der Waals surface area (Å²) >= 11 is 0. The molecule has 0 saturated carbocycles. The van der Waals surface area contributed by atoms with Gasteiger partial charge in [-0.25, -0.2) is 4.68 Å². The lowest BCUT2D eigenvalue weighted by atomic mass is 10.2. The summed E-state index contributed by atoms with van der Waals surface area (Å²) in [6.45, 7) is 4.88. The second-order valence-electron chi connectivity index (χ2n) is 4.19. The van der Waals surface area contributed by atoms with Crippen LogP contribution in [0.1, 0.15) is 13.8 Å². The van der Waals surface area contributed by atoms with Gasteiger partial charge in [0.2, 0.25) is 5.91 Å². The second kappa shape index (κ2) is 6.03. The summed E-state index contributed by atoms with van der Waals surface area (Å²) in [4.78, 5) is 22.7. The maximum absolute atomic E-state index is 11.6. The van der Waals surface area contributed by atoms with E-state index in [0.717, 1.165) is 11.2 Å². The number of aromatic nitrogens is 2. The van der Waals surface area contributed by atoms with Crippen molar-refractivity contribution in [1.82, 2.24) is 15.1 Å². The highest BCUT2D eigenvalue weighted by molar-refractivity contribution is 5.75. The smallest absolute Gasteiger partial charge is 0.269 e. The molecule has 0 aromatic carbocycles. The Kier molecular flexibility index (Phi) is 4.68. The Morgan fingerprint density at radius 2 is 2.24 bits per heavy atom. The third kappa shape index (κ3) is 4.26. The molecule has 0 aliphatic rings. The van der Waals surface area contributed by atoms with E-state index in [1.807, 2.05) is 0 Å². The Morgan fingerprint density at radius 1 is 1.53 bits per heavy atom. The fourth-order valence-corrected chi connectivity index (χ4v) is 1.19. The summed E-state index contributed by atoms with van der Waals surface area (Å²) < 4.78 is 1.12. The van der Waals surface area contributed by atoms with Crippen LogP contribution in [0.3, 0.4) is 0 Å². The van der Waals surface area contributed by atoms with Gasteiger partial charge in [-0.2, -0.15) is 5.10 Å². The molecule has 94 valence electrons. The summed E-state index contributed by atoms with van der Waals surface area (Å²) in [5.74, 6) is 0.241. The summed E-state index contributed by atoms with van der Waals surface area (Å²) in [7, 11) is 1.52. The molecule has 1 amide bonds. The largest absolute Gasteiger partial charge is 0.383 e. The van der Waals surface area contributed by atoms with Crippen molar-refractivity contribution in [2.45, 2.75) is 20.4 Å². The first-order chi connectivity index (χ1) is 8.02.